The summed E-state index contributed by atoms with van der Waals surface area (Å²) in [5.41, 5.74) is 6.17. The van der Waals surface area contributed by atoms with Crippen molar-refractivity contribution in [1.82, 2.24) is 5.06 Å². The van der Waals surface area contributed by atoms with Gasteiger partial charge in [0, 0.05) is 0 Å². The number of hydrogen-bond donors (Lipinski definition) is 2. The fourth-order valence-electron chi connectivity index (χ4n) is 2.89. The van der Waals surface area contributed by atoms with Gasteiger partial charge >= 0.3 is 6.03 Å². The molecule has 0 aromatic heterocycles. The van der Waals surface area contributed by atoms with Crippen molar-refractivity contribution >= 4 is 6.03 Å². The number of benzene rings is 2. The van der Waals surface area contributed by atoms with Crippen molar-refractivity contribution < 1.29 is 19.5 Å². The molecule has 2 atom stereocenters. The number of carbonyl (C=O) groups excluding carboxylic acids is 1. The maximum Gasteiger partial charge on any atom is 0.338 e. The van der Waals surface area contributed by atoms with Crippen LogP contribution in [0.5, 0.6) is 17.2 Å². The summed E-state index contributed by atoms with van der Waals surface area (Å²) in [5, 5.41) is 10.0. The van der Waals surface area contributed by atoms with Crippen LogP contribution in [-0.4, -0.2) is 29.5 Å². The fourth-order valence-corrected chi connectivity index (χ4v) is 2.89. The molecule has 0 unspecified atom stereocenters. The Morgan fingerprint density at radius 3 is 2.60 bits per heavy atom. The van der Waals surface area contributed by atoms with Crippen LogP contribution in [-0.2, 0) is 0 Å². The third kappa shape index (κ3) is 4.42. The van der Waals surface area contributed by atoms with E-state index in [1.165, 1.54) is 0 Å². The molecule has 2 aromatic rings. The molecule has 25 heavy (non-hydrogen) atoms. The Labute approximate surface area is 146 Å². The van der Waals surface area contributed by atoms with Gasteiger partial charge in [0.1, 0.15) is 17.2 Å². The Morgan fingerprint density at radius 1 is 1.20 bits per heavy atom. The van der Waals surface area contributed by atoms with E-state index < -0.39 is 6.03 Å². The van der Waals surface area contributed by atoms with Crippen LogP contribution < -0.4 is 15.2 Å². The second kappa shape index (κ2) is 7.44. The topological polar surface area (TPSA) is 85.0 Å². The lowest BCUT2D eigenvalue weighted by atomic mass is 10.1. The summed E-state index contributed by atoms with van der Waals surface area (Å²) in [4.78, 5) is 10.9. The molecule has 0 heterocycles. The van der Waals surface area contributed by atoms with Gasteiger partial charge in [-0.15, -0.1) is 0 Å². The third-order valence-electron chi connectivity index (χ3n) is 4.24. The number of carbonyl (C=O) groups is 1. The molecule has 0 aliphatic heterocycles. The molecular weight excluding hydrogens is 320 g/mol. The Kier molecular flexibility index (Phi) is 5.09. The van der Waals surface area contributed by atoms with Gasteiger partial charge in [-0.05, 0) is 67.1 Å². The summed E-state index contributed by atoms with van der Waals surface area (Å²) < 4.78 is 11.3. The predicted molar refractivity (Wildman–Crippen MR) is 93.1 cm³/mol. The second-order valence-electron chi connectivity index (χ2n) is 6.10. The minimum absolute atomic E-state index is 0.221. The molecule has 0 spiro atoms. The van der Waals surface area contributed by atoms with Gasteiger partial charge in [0.2, 0.25) is 0 Å². The standard InChI is InChI=1S/C19H22N2O4/c1-2-24-15-6-8-16(9-7-15)25-17-5-3-4-13(10-17)18-11-14(18)12-21(23)19(20)22/h3-10,14,18,23H,2,11-12H2,1H3,(H2,20,22)/t14-,18-/m0/s1. The number of nitrogens with zero attached hydrogens (tertiary/aromatic N) is 1. The number of rotatable bonds is 7. The smallest absolute Gasteiger partial charge is 0.338 e. The Hall–Kier alpha value is -2.73. The van der Waals surface area contributed by atoms with E-state index in [1.54, 1.807) is 0 Å². The van der Waals surface area contributed by atoms with E-state index in [-0.39, 0.29) is 12.5 Å². The average Bonchev–Trinajstić information content (AvgIpc) is 3.36. The highest BCUT2D eigenvalue weighted by Gasteiger charge is 2.40. The highest BCUT2D eigenvalue weighted by molar-refractivity contribution is 5.70. The summed E-state index contributed by atoms with van der Waals surface area (Å²) in [6, 6.07) is 14.5. The molecular formula is C19H22N2O4. The molecule has 1 saturated carbocycles. The van der Waals surface area contributed by atoms with Crippen LogP contribution in [0, 0.1) is 5.92 Å². The highest BCUT2D eigenvalue weighted by Crippen LogP contribution is 2.48. The van der Waals surface area contributed by atoms with Gasteiger partial charge in [-0.1, -0.05) is 12.1 Å². The van der Waals surface area contributed by atoms with Crippen LogP contribution in [0.1, 0.15) is 24.8 Å². The van der Waals surface area contributed by atoms with E-state index in [9.17, 15) is 10.0 Å². The molecule has 0 radical (unpaired) electrons. The van der Waals surface area contributed by atoms with Crippen LogP contribution >= 0.6 is 0 Å². The monoisotopic (exact) mass is 342 g/mol. The molecule has 1 aliphatic rings. The lowest BCUT2D eigenvalue weighted by Gasteiger charge is -2.12. The molecule has 0 bridgehead atoms. The lowest BCUT2D eigenvalue weighted by Crippen LogP contribution is -2.34. The number of amides is 2. The summed E-state index contributed by atoms with van der Waals surface area (Å²) >= 11 is 0. The summed E-state index contributed by atoms with van der Waals surface area (Å²) in [5.74, 6) is 2.83. The summed E-state index contributed by atoms with van der Waals surface area (Å²) in [6.07, 6.45) is 0.914. The molecule has 6 heteroatoms. The van der Waals surface area contributed by atoms with E-state index in [0.29, 0.717) is 17.6 Å². The number of urea groups is 1. The van der Waals surface area contributed by atoms with Crippen LogP contribution in [0.15, 0.2) is 48.5 Å². The SMILES string of the molecule is CCOc1ccc(Oc2cccc([C@@H]3C[C@H]3CN(O)C(N)=O)c2)cc1. The molecule has 2 aromatic carbocycles. The number of nitrogens with two attached hydrogens (primary N) is 1. The number of hydrogen-bond acceptors (Lipinski definition) is 4. The van der Waals surface area contributed by atoms with E-state index in [1.807, 2.05) is 55.5 Å². The summed E-state index contributed by atoms with van der Waals surface area (Å²) in [6.45, 7) is 2.83. The van der Waals surface area contributed by atoms with Crippen molar-refractivity contribution in [2.75, 3.05) is 13.2 Å². The van der Waals surface area contributed by atoms with Gasteiger partial charge in [0.05, 0.1) is 13.2 Å². The Morgan fingerprint density at radius 2 is 1.92 bits per heavy atom. The molecule has 6 nitrogen and oxygen atoms in total. The first kappa shape index (κ1) is 17.1. The van der Waals surface area contributed by atoms with Gasteiger partial charge in [0.15, 0.2) is 0 Å². The first-order valence-corrected chi connectivity index (χ1v) is 8.33. The average molecular weight is 342 g/mol. The molecule has 1 fully saturated rings. The van der Waals surface area contributed by atoms with E-state index in [0.717, 1.165) is 29.2 Å². The van der Waals surface area contributed by atoms with Crippen molar-refractivity contribution in [2.24, 2.45) is 11.7 Å². The molecule has 0 saturated heterocycles. The quantitative estimate of drug-likeness (QED) is 0.593. The highest BCUT2D eigenvalue weighted by atomic mass is 16.5. The molecule has 3 rings (SSSR count). The maximum atomic E-state index is 10.9. The number of primary amides is 1. The molecule has 2 amide bonds. The maximum absolute atomic E-state index is 10.9. The van der Waals surface area contributed by atoms with E-state index in [4.69, 9.17) is 15.2 Å². The minimum atomic E-state index is -0.821. The zero-order valence-electron chi connectivity index (χ0n) is 14.1. The summed E-state index contributed by atoms with van der Waals surface area (Å²) in [7, 11) is 0. The first-order chi connectivity index (χ1) is 12.1. The van der Waals surface area contributed by atoms with Gasteiger partial charge in [0.25, 0.3) is 0 Å². The Balaban J connectivity index is 1.61. The van der Waals surface area contributed by atoms with Crippen molar-refractivity contribution in [2.45, 2.75) is 19.3 Å². The van der Waals surface area contributed by atoms with Crippen LogP contribution in [0.2, 0.25) is 0 Å². The largest absolute Gasteiger partial charge is 0.494 e. The first-order valence-electron chi connectivity index (χ1n) is 8.33. The van der Waals surface area contributed by atoms with Gasteiger partial charge < -0.3 is 15.2 Å². The Bertz CT molecular complexity index is 732. The van der Waals surface area contributed by atoms with E-state index >= 15 is 0 Å². The minimum Gasteiger partial charge on any atom is -0.494 e. The van der Waals surface area contributed by atoms with Gasteiger partial charge in [-0.25, -0.2) is 9.86 Å². The van der Waals surface area contributed by atoms with Crippen LogP contribution in [0.4, 0.5) is 4.79 Å². The third-order valence-corrected chi connectivity index (χ3v) is 4.24. The van der Waals surface area contributed by atoms with Crippen molar-refractivity contribution in [1.29, 1.82) is 0 Å². The van der Waals surface area contributed by atoms with Crippen molar-refractivity contribution in [3.05, 3.63) is 54.1 Å². The molecule has 3 N–H and O–H groups in total. The zero-order valence-corrected chi connectivity index (χ0v) is 14.1. The predicted octanol–water partition coefficient (Wildman–Crippen LogP) is 3.75. The van der Waals surface area contributed by atoms with Crippen LogP contribution in [0.25, 0.3) is 0 Å². The fraction of sp³-hybridized carbons (Fsp3) is 0.316. The normalized spacial score (nSPS) is 18.5. The van der Waals surface area contributed by atoms with Gasteiger partial charge in [-0.3, -0.25) is 5.21 Å². The zero-order chi connectivity index (χ0) is 17.8. The number of hydroxylamine groups is 2. The van der Waals surface area contributed by atoms with E-state index in [2.05, 4.69) is 0 Å². The number of ether oxygens (including phenoxy) is 2. The van der Waals surface area contributed by atoms with Crippen molar-refractivity contribution in [3.63, 3.8) is 0 Å². The lowest BCUT2D eigenvalue weighted by molar-refractivity contribution is -0.0431. The second-order valence-corrected chi connectivity index (χ2v) is 6.10. The molecule has 132 valence electrons. The van der Waals surface area contributed by atoms with Gasteiger partial charge in [-0.2, -0.15) is 0 Å². The van der Waals surface area contributed by atoms with Crippen LogP contribution in [0.3, 0.4) is 0 Å². The molecule has 1 aliphatic carbocycles. The van der Waals surface area contributed by atoms with Crippen molar-refractivity contribution in [3.8, 4) is 17.2 Å².